The van der Waals surface area contributed by atoms with E-state index in [-0.39, 0.29) is 49.1 Å². The maximum atomic E-state index is 14.6. The Balaban J connectivity index is 0.00000243. The molecule has 26 heavy (non-hydrogen) atoms. The number of halogens is 5. The van der Waals surface area contributed by atoms with Crippen molar-refractivity contribution in [1.29, 1.82) is 0 Å². The van der Waals surface area contributed by atoms with Gasteiger partial charge in [0.2, 0.25) is 5.89 Å². The van der Waals surface area contributed by atoms with E-state index in [0.717, 1.165) is 18.2 Å². The molecule has 0 aliphatic carbocycles. The lowest BCUT2D eigenvalue weighted by atomic mass is 9.96. The number of hydrogen-bond acceptors (Lipinski definition) is 5. The summed E-state index contributed by atoms with van der Waals surface area (Å²) >= 11 is 0. The highest BCUT2D eigenvalue weighted by molar-refractivity contribution is 5.85. The SMILES string of the molecule is Cl.O=c1[nH]nc(-c2ccc(C(F)(F)F)c(NCC3(F)CCCNC3)c2)o1. The number of H-pyrrole nitrogens is 1. The first-order valence-corrected chi connectivity index (χ1v) is 7.67. The quantitative estimate of drug-likeness (QED) is 0.692. The summed E-state index contributed by atoms with van der Waals surface area (Å²) in [5, 5.41) is 11.1. The summed E-state index contributed by atoms with van der Waals surface area (Å²) in [5.41, 5.74) is -2.68. The Morgan fingerprint density at radius 1 is 1.35 bits per heavy atom. The number of benzene rings is 1. The average Bonchev–Trinajstić information content (AvgIpc) is 2.99. The van der Waals surface area contributed by atoms with Crippen LogP contribution in [0.25, 0.3) is 11.5 Å². The summed E-state index contributed by atoms with van der Waals surface area (Å²) in [6.07, 6.45) is -3.73. The van der Waals surface area contributed by atoms with E-state index in [4.69, 9.17) is 4.42 Å². The maximum absolute atomic E-state index is 14.6. The minimum absolute atomic E-state index is 0. The van der Waals surface area contributed by atoms with Crippen molar-refractivity contribution < 1.29 is 22.0 Å². The molecular formula is C15H17ClF4N4O2. The van der Waals surface area contributed by atoms with Crippen molar-refractivity contribution in [2.45, 2.75) is 24.7 Å². The van der Waals surface area contributed by atoms with E-state index in [0.29, 0.717) is 13.0 Å². The number of hydrogen-bond donors (Lipinski definition) is 3. The number of alkyl halides is 4. The van der Waals surface area contributed by atoms with Crippen molar-refractivity contribution in [1.82, 2.24) is 15.5 Å². The molecule has 0 amide bonds. The van der Waals surface area contributed by atoms with E-state index < -0.39 is 23.2 Å². The fourth-order valence-corrected chi connectivity index (χ4v) is 2.76. The second kappa shape index (κ2) is 7.67. The lowest BCUT2D eigenvalue weighted by molar-refractivity contribution is -0.137. The average molecular weight is 397 g/mol. The van der Waals surface area contributed by atoms with E-state index in [1.165, 1.54) is 0 Å². The van der Waals surface area contributed by atoms with Gasteiger partial charge in [-0.15, -0.1) is 17.5 Å². The first-order chi connectivity index (χ1) is 11.8. The van der Waals surface area contributed by atoms with Crippen molar-refractivity contribution in [3.8, 4) is 11.5 Å². The smallest absolute Gasteiger partial charge is 0.388 e. The Labute approximate surface area is 151 Å². The lowest BCUT2D eigenvalue weighted by Crippen LogP contribution is -2.46. The molecule has 0 spiro atoms. The van der Waals surface area contributed by atoms with Crippen LogP contribution in [0.1, 0.15) is 18.4 Å². The van der Waals surface area contributed by atoms with Gasteiger partial charge < -0.3 is 15.1 Å². The van der Waals surface area contributed by atoms with Crippen LogP contribution in [0, 0.1) is 0 Å². The standard InChI is InChI=1S/C15H16F4N4O2.ClH/c16-14(4-1-5-20-7-14)8-21-11-6-9(12-22-23-13(24)25-12)2-3-10(11)15(17,18)19;/h2-3,6,20-21H,1,4-5,7-8H2,(H,23,24);1H. The number of aromatic nitrogens is 2. The minimum Gasteiger partial charge on any atom is -0.388 e. The summed E-state index contributed by atoms with van der Waals surface area (Å²) < 4.78 is 59.0. The van der Waals surface area contributed by atoms with Gasteiger partial charge in [-0.25, -0.2) is 14.3 Å². The van der Waals surface area contributed by atoms with Gasteiger partial charge in [0, 0.05) is 17.8 Å². The van der Waals surface area contributed by atoms with Crippen molar-refractivity contribution in [2.75, 3.05) is 25.0 Å². The third-order valence-corrected chi connectivity index (χ3v) is 4.03. The molecule has 11 heteroatoms. The highest BCUT2D eigenvalue weighted by atomic mass is 35.5. The van der Waals surface area contributed by atoms with Gasteiger partial charge in [-0.05, 0) is 37.6 Å². The fourth-order valence-electron chi connectivity index (χ4n) is 2.76. The molecule has 144 valence electrons. The van der Waals surface area contributed by atoms with Gasteiger partial charge in [0.1, 0.15) is 5.67 Å². The number of anilines is 1. The third kappa shape index (κ3) is 4.55. The van der Waals surface area contributed by atoms with Crippen LogP contribution in [0.15, 0.2) is 27.4 Å². The molecule has 1 unspecified atom stereocenters. The van der Waals surface area contributed by atoms with Gasteiger partial charge in [0.15, 0.2) is 0 Å². The van der Waals surface area contributed by atoms with Gasteiger partial charge in [-0.3, -0.25) is 0 Å². The normalized spacial score (nSPS) is 20.5. The van der Waals surface area contributed by atoms with E-state index in [9.17, 15) is 22.4 Å². The van der Waals surface area contributed by atoms with E-state index in [2.05, 4.69) is 15.7 Å². The molecule has 3 rings (SSSR count). The molecule has 1 aliphatic rings. The van der Waals surface area contributed by atoms with Crippen LogP contribution >= 0.6 is 12.4 Å². The van der Waals surface area contributed by atoms with Gasteiger partial charge in [-0.1, -0.05) is 0 Å². The molecule has 1 aromatic heterocycles. The largest absolute Gasteiger partial charge is 0.434 e. The Hall–Kier alpha value is -2.07. The van der Waals surface area contributed by atoms with E-state index in [1.54, 1.807) is 0 Å². The van der Waals surface area contributed by atoms with Crippen molar-refractivity contribution in [2.24, 2.45) is 0 Å². The second-order valence-corrected chi connectivity index (χ2v) is 5.96. The fraction of sp³-hybridized carbons (Fsp3) is 0.467. The van der Waals surface area contributed by atoms with Crippen LogP contribution < -0.4 is 16.4 Å². The summed E-state index contributed by atoms with van der Waals surface area (Å²) in [6, 6.07) is 3.12. The van der Waals surface area contributed by atoms with Crippen molar-refractivity contribution >= 4 is 18.1 Å². The van der Waals surface area contributed by atoms with E-state index in [1.807, 2.05) is 5.10 Å². The number of piperidine rings is 1. The Morgan fingerprint density at radius 2 is 2.12 bits per heavy atom. The molecule has 1 fully saturated rings. The molecule has 6 nitrogen and oxygen atoms in total. The highest BCUT2D eigenvalue weighted by Gasteiger charge is 2.36. The second-order valence-electron chi connectivity index (χ2n) is 5.96. The van der Waals surface area contributed by atoms with Crippen molar-refractivity contribution in [3.05, 3.63) is 34.3 Å². The molecule has 1 atom stereocenters. The van der Waals surface area contributed by atoms with Gasteiger partial charge in [-0.2, -0.15) is 13.2 Å². The highest BCUT2D eigenvalue weighted by Crippen LogP contribution is 2.37. The first-order valence-electron chi connectivity index (χ1n) is 7.67. The Morgan fingerprint density at radius 3 is 2.69 bits per heavy atom. The molecule has 2 aromatic rings. The van der Waals surface area contributed by atoms with Crippen LogP contribution in [0.2, 0.25) is 0 Å². The topological polar surface area (TPSA) is 83.0 Å². The molecule has 1 aliphatic heterocycles. The van der Waals surface area contributed by atoms with Crippen LogP contribution in [0.5, 0.6) is 0 Å². The summed E-state index contributed by atoms with van der Waals surface area (Å²) in [5.74, 6) is -0.962. The minimum atomic E-state index is -4.61. The predicted octanol–water partition coefficient (Wildman–Crippen LogP) is 2.97. The molecule has 0 bridgehead atoms. The number of nitrogens with zero attached hydrogens (tertiary/aromatic N) is 1. The van der Waals surface area contributed by atoms with Crippen LogP contribution in [-0.4, -0.2) is 35.5 Å². The Bertz CT molecular complexity index is 799. The number of rotatable bonds is 4. The number of aromatic amines is 1. The maximum Gasteiger partial charge on any atom is 0.434 e. The molecule has 0 saturated carbocycles. The van der Waals surface area contributed by atoms with Gasteiger partial charge >= 0.3 is 11.9 Å². The molecule has 1 aromatic carbocycles. The first kappa shape index (κ1) is 20.2. The number of nitrogens with one attached hydrogen (secondary N) is 3. The monoisotopic (exact) mass is 396 g/mol. The molecule has 0 radical (unpaired) electrons. The van der Waals surface area contributed by atoms with Gasteiger partial charge in [0.05, 0.1) is 12.1 Å². The van der Waals surface area contributed by atoms with E-state index >= 15 is 0 Å². The lowest BCUT2D eigenvalue weighted by Gasteiger charge is -2.31. The summed E-state index contributed by atoms with van der Waals surface area (Å²) in [7, 11) is 0. The molecular weight excluding hydrogens is 380 g/mol. The summed E-state index contributed by atoms with van der Waals surface area (Å²) in [4.78, 5) is 11.0. The zero-order valence-corrected chi connectivity index (χ0v) is 14.3. The molecule has 1 saturated heterocycles. The predicted molar refractivity (Wildman–Crippen MR) is 89.2 cm³/mol. The zero-order chi connectivity index (χ0) is 18.1. The summed E-state index contributed by atoms with van der Waals surface area (Å²) in [6.45, 7) is 0.499. The van der Waals surface area contributed by atoms with Crippen LogP contribution in [0.4, 0.5) is 23.2 Å². The van der Waals surface area contributed by atoms with Crippen LogP contribution in [0.3, 0.4) is 0 Å². The third-order valence-electron chi connectivity index (χ3n) is 4.03. The molecule has 3 N–H and O–H groups in total. The molecule has 2 heterocycles. The van der Waals surface area contributed by atoms with Gasteiger partial charge in [0.25, 0.3) is 0 Å². The van der Waals surface area contributed by atoms with Crippen molar-refractivity contribution in [3.63, 3.8) is 0 Å². The zero-order valence-electron chi connectivity index (χ0n) is 13.5. The Kier molecular flexibility index (Phi) is 5.97. The van der Waals surface area contributed by atoms with Crippen LogP contribution in [-0.2, 0) is 6.18 Å².